The Labute approximate surface area is 179 Å². The lowest BCUT2D eigenvalue weighted by molar-refractivity contribution is -0.136. The standard InChI is InChI=1S/C25H31N3O2/c1-19-22(11-12-23(26-19)20-9-5-4-6-10-20)25(30)28-17-13-21(14-18-28)24(29)27-15-7-2-3-8-16-27/h4-6,9-12,21H,2-3,7-8,13-18H2,1H3. The highest BCUT2D eigenvalue weighted by molar-refractivity contribution is 5.95. The summed E-state index contributed by atoms with van der Waals surface area (Å²) >= 11 is 0. The van der Waals surface area contributed by atoms with Crippen molar-refractivity contribution < 1.29 is 9.59 Å². The number of benzene rings is 1. The van der Waals surface area contributed by atoms with Crippen LogP contribution in [0.25, 0.3) is 11.3 Å². The van der Waals surface area contributed by atoms with Gasteiger partial charge in [-0.2, -0.15) is 0 Å². The van der Waals surface area contributed by atoms with Gasteiger partial charge in [0.25, 0.3) is 5.91 Å². The number of hydrogen-bond acceptors (Lipinski definition) is 3. The summed E-state index contributed by atoms with van der Waals surface area (Å²) in [6.45, 7) is 4.98. The van der Waals surface area contributed by atoms with Crippen LogP contribution >= 0.6 is 0 Å². The first-order chi connectivity index (χ1) is 14.6. The van der Waals surface area contributed by atoms with Gasteiger partial charge in [0.05, 0.1) is 17.0 Å². The molecule has 2 amide bonds. The molecule has 2 aliphatic heterocycles. The summed E-state index contributed by atoms with van der Waals surface area (Å²) in [6.07, 6.45) is 6.22. The minimum Gasteiger partial charge on any atom is -0.342 e. The molecule has 0 saturated carbocycles. The van der Waals surface area contributed by atoms with Gasteiger partial charge in [-0.25, -0.2) is 0 Å². The number of carbonyl (C=O) groups excluding carboxylic acids is 2. The maximum atomic E-state index is 13.1. The first-order valence-electron chi connectivity index (χ1n) is 11.2. The van der Waals surface area contributed by atoms with Gasteiger partial charge in [0, 0.05) is 37.7 Å². The van der Waals surface area contributed by atoms with E-state index in [4.69, 9.17) is 0 Å². The van der Waals surface area contributed by atoms with Gasteiger partial charge >= 0.3 is 0 Å². The van der Waals surface area contributed by atoms with Crippen LogP contribution in [0.15, 0.2) is 42.5 Å². The summed E-state index contributed by atoms with van der Waals surface area (Å²) in [4.78, 5) is 34.6. The predicted molar refractivity (Wildman–Crippen MR) is 118 cm³/mol. The van der Waals surface area contributed by atoms with Crippen molar-refractivity contribution in [3.05, 3.63) is 53.7 Å². The summed E-state index contributed by atoms with van der Waals surface area (Å²) < 4.78 is 0. The van der Waals surface area contributed by atoms with E-state index in [-0.39, 0.29) is 11.8 Å². The second-order valence-electron chi connectivity index (χ2n) is 8.50. The van der Waals surface area contributed by atoms with Crippen LogP contribution in [0.2, 0.25) is 0 Å². The van der Waals surface area contributed by atoms with Crippen LogP contribution < -0.4 is 0 Å². The number of likely N-dealkylation sites (tertiary alicyclic amines) is 2. The number of hydrogen-bond donors (Lipinski definition) is 0. The van der Waals surface area contributed by atoms with Crippen LogP contribution in [0.1, 0.15) is 54.6 Å². The minimum atomic E-state index is 0.0280. The molecule has 4 rings (SSSR count). The van der Waals surface area contributed by atoms with E-state index in [1.54, 1.807) is 0 Å². The Morgan fingerprint density at radius 3 is 2.13 bits per heavy atom. The average molecular weight is 406 g/mol. The van der Waals surface area contributed by atoms with Crippen molar-refractivity contribution in [3.8, 4) is 11.3 Å². The van der Waals surface area contributed by atoms with E-state index in [0.29, 0.717) is 24.6 Å². The molecule has 2 fully saturated rings. The number of piperidine rings is 1. The largest absolute Gasteiger partial charge is 0.342 e. The maximum Gasteiger partial charge on any atom is 0.255 e. The van der Waals surface area contributed by atoms with Crippen molar-refractivity contribution in [2.75, 3.05) is 26.2 Å². The quantitative estimate of drug-likeness (QED) is 0.765. The van der Waals surface area contributed by atoms with Gasteiger partial charge in [0.1, 0.15) is 0 Å². The molecule has 0 radical (unpaired) electrons. The molecule has 3 heterocycles. The lowest BCUT2D eigenvalue weighted by atomic mass is 9.94. The van der Waals surface area contributed by atoms with Crippen molar-refractivity contribution >= 4 is 11.8 Å². The molecule has 5 nitrogen and oxygen atoms in total. The molecular formula is C25H31N3O2. The number of aromatic nitrogens is 1. The zero-order valence-corrected chi connectivity index (χ0v) is 17.8. The molecule has 0 atom stereocenters. The monoisotopic (exact) mass is 405 g/mol. The third-order valence-electron chi connectivity index (χ3n) is 6.43. The van der Waals surface area contributed by atoms with E-state index in [2.05, 4.69) is 9.88 Å². The normalized spacial score (nSPS) is 18.2. The Morgan fingerprint density at radius 1 is 0.833 bits per heavy atom. The van der Waals surface area contributed by atoms with E-state index in [0.717, 1.165) is 55.7 Å². The number of aryl methyl sites for hydroxylation is 1. The molecule has 2 saturated heterocycles. The summed E-state index contributed by atoms with van der Waals surface area (Å²) in [5.74, 6) is 0.390. The molecule has 2 aliphatic rings. The zero-order valence-electron chi connectivity index (χ0n) is 17.8. The second kappa shape index (κ2) is 9.41. The number of nitrogens with zero attached hydrogens (tertiary/aromatic N) is 3. The number of carbonyl (C=O) groups is 2. The highest BCUT2D eigenvalue weighted by atomic mass is 16.2. The lowest BCUT2D eigenvalue weighted by Gasteiger charge is -2.34. The molecule has 0 unspecified atom stereocenters. The fourth-order valence-corrected chi connectivity index (χ4v) is 4.61. The van der Waals surface area contributed by atoms with Crippen molar-refractivity contribution in [2.24, 2.45) is 5.92 Å². The van der Waals surface area contributed by atoms with Gasteiger partial charge in [-0.15, -0.1) is 0 Å². The van der Waals surface area contributed by atoms with Crippen molar-refractivity contribution in [1.82, 2.24) is 14.8 Å². The van der Waals surface area contributed by atoms with E-state index in [9.17, 15) is 9.59 Å². The zero-order chi connectivity index (χ0) is 20.9. The first kappa shape index (κ1) is 20.6. The van der Waals surface area contributed by atoms with E-state index in [1.165, 1.54) is 12.8 Å². The molecule has 1 aromatic heterocycles. The van der Waals surface area contributed by atoms with Gasteiger partial charge in [0.15, 0.2) is 0 Å². The summed E-state index contributed by atoms with van der Waals surface area (Å²) in [6, 6.07) is 13.8. The van der Waals surface area contributed by atoms with Gasteiger partial charge < -0.3 is 9.80 Å². The topological polar surface area (TPSA) is 53.5 Å². The van der Waals surface area contributed by atoms with Crippen LogP contribution in [0.4, 0.5) is 0 Å². The van der Waals surface area contributed by atoms with Crippen molar-refractivity contribution in [1.29, 1.82) is 0 Å². The van der Waals surface area contributed by atoms with E-state index < -0.39 is 0 Å². The van der Waals surface area contributed by atoms with Gasteiger partial charge in [-0.3, -0.25) is 14.6 Å². The van der Waals surface area contributed by atoms with Crippen LogP contribution in [-0.2, 0) is 4.79 Å². The smallest absolute Gasteiger partial charge is 0.255 e. The molecule has 1 aromatic carbocycles. The number of amides is 2. The highest BCUT2D eigenvalue weighted by Gasteiger charge is 2.31. The maximum absolute atomic E-state index is 13.1. The molecule has 0 spiro atoms. The lowest BCUT2D eigenvalue weighted by Crippen LogP contribution is -2.44. The second-order valence-corrected chi connectivity index (χ2v) is 8.50. The summed E-state index contributed by atoms with van der Waals surface area (Å²) in [5, 5.41) is 0. The summed E-state index contributed by atoms with van der Waals surface area (Å²) in [7, 11) is 0. The highest BCUT2D eigenvalue weighted by Crippen LogP contribution is 2.24. The minimum absolute atomic E-state index is 0.0280. The molecule has 30 heavy (non-hydrogen) atoms. The third kappa shape index (κ3) is 4.55. The molecule has 0 aliphatic carbocycles. The Kier molecular flexibility index (Phi) is 6.46. The fraction of sp³-hybridized carbons (Fsp3) is 0.480. The Hall–Kier alpha value is -2.69. The van der Waals surface area contributed by atoms with Crippen molar-refractivity contribution in [3.63, 3.8) is 0 Å². The Balaban J connectivity index is 1.38. The molecule has 2 aromatic rings. The molecule has 0 bridgehead atoms. The third-order valence-corrected chi connectivity index (χ3v) is 6.43. The van der Waals surface area contributed by atoms with E-state index >= 15 is 0 Å². The van der Waals surface area contributed by atoms with Crippen molar-refractivity contribution in [2.45, 2.75) is 45.4 Å². The van der Waals surface area contributed by atoms with E-state index in [1.807, 2.05) is 54.3 Å². The Morgan fingerprint density at radius 2 is 1.50 bits per heavy atom. The van der Waals surface area contributed by atoms with Gasteiger partial charge in [-0.1, -0.05) is 43.2 Å². The average Bonchev–Trinajstić information content (AvgIpc) is 3.08. The van der Waals surface area contributed by atoms with Crippen LogP contribution in [0.3, 0.4) is 0 Å². The van der Waals surface area contributed by atoms with Crippen LogP contribution in [-0.4, -0.2) is 52.8 Å². The Bertz CT molecular complexity index is 881. The fourth-order valence-electron chi connectivity index (χ4n) is 4.61. The number of pyridine rings is 1. The molecule has 5 heteroatoms. The first-order valence-corrected chi connectivity index (χ1v) is 11.2. The predicted octanol–water partition coefficient (Wildman–Crippen LogP) is 4.31. The van der Waals surface area contributed by atoms with Gasteiger partial charge in [-0.05, 0) is 44.7 Å². The van der Waals surface area contributed by atoms with Crippen LogP contribution in [0, 0.1) is 12.8 Å². The van der Waals surface area contributed by atoms with Crippen LogP contribution in [0.5, 0.6) is 0 Å². The molecular weight excluding hydrogens is 374 g/mol. The molecule has 158 valence electrons. The summed E-state index contributed by atoms with van der Waals surface area (Å²) in [5.41, 5.74) is 3.34. The molecule has 0 N–H and O–H groups in total. The number of rotatable bonds is 3. The van der Waals surface area contributed by atoms with Gasteiger partial charge in [0.2, 0.25) is 5.91 Å². The SMILES string of the molecule is Cc1nc(-c2ccccc2)ccc1C(=O)N1CCC(C(=O)N2CCCCCC2)CC1.